The Morgan fingerprint density at radius 1 is 1.17 bits per heavy atom. The summed E-state index contributed by atoms with van der Waals surface area (Å²) in [6.07, 6.45) is 5.93. The maximum absolute atomic E-state index is 5.93. The van der Waals surface area contributed by atoms with Crippen LogP contribution in [0.25, 0.3) is 0 Å². The predicted octanol–water partition coefficient (Wildman–Crippen LogP) is 3.26. The fourth-order valence-electron chi connectivity index (χ4n) is 3.79. The highest BCUT2D eigenvalue weighted by Gasteiger charge is 2.41. The molecule has 7 nitrogen and oxygen atoms in total. The second-order valence-corrected chi connectivity index (χ2v) is 7.34. The quantitative estimate of drug-likeness (QED) is 0.553. The molecule has 0 aliphatic carbocycles. The number of guanidine groups is 1. The molecule has 154 valence electrons. The van der Waals surface area contributed by atoms with Gasteiger partial charge in [-0.05, 0) is 56.0 Å². The number of rotatable bonds is 7. The average molecular weight is 396 g/mol. The third-order valence-corrected chi connectivity index (χ3v) is 5.27. The first-order valence-electron chi connectivity index (χ1n) is 10.2. The van der Waals surface area contributed by atoms with Crippen LogP contribution in [0.2, 0.25) is 0 Å². The van der Waals surface area contributed by atoms with E-state index in [9.17, 15) is 0 Å². The van der Waals surface area contributed by atoms with E-state index in [1.807, 2.05) is 36.4 Å². The van der Waals surface area contributed by atoms with Crippen molar-refractivity contribution in [3.8, 4) is 17.4 Å². The number of nitrogens with zero attached hydrogens (tertiary/aromatic N) is 2. The van der Waals surface area contributed by atoms with Crippen molar-refractivity contribution in [1.82, 2.24) is 15.6 Å². The highest BCUT2D eigenvalue weighted by molar-refractivity contribution is 5.80. The van der Waals surface area contributed by atoms with Crippen molar-refractivity contribution in [1.29, 1.82) is 0 Å². The second kappa shape index (κ2) is 9.13. The first-order chi connectivity index (χ1) is 14.2. The van der Waals surface area contributed by atoms with E-state index in [4.69, 9.17) is 19.2 Å². The molecule has 1 aromatic carbocycles. The fraction of sp³-hybridized carbons (Fsp3) is 0.455. The van der Waals surface area contributed by atoms with Gasteiger partial charge in [-0.25, -0.2) is 9.98 Å². The topological polar surface area (TPSA) is 77.0 Å². The van der Waals surface area contributed by atoms with Crippen molar-refractivity contribution < 1.29 is 14.2 Å². The lowest BCUT2D eigenvalue weighted by Gasteiger charge is -2.22. The van der Waals surface area contributed by atoms with E-state index >= 15 is 0 Å². The molecule has 0 amide bonds. The Kier molecular flexibility index (Phi) is 6.14. The zero-order chi connectivity index (χ0) is 20.1. The number of hydrogen-bond acceptors (Lipinski definition) is 5. The zero-order valence-electron chi connectivity index (χ0n) is 16.9. The molecule has 2 fully saturated rings. The minimum atomic E-state index is 0.319. The lowest BCUT2D eigenvalue weighted by Crippen LogP contribution is -2.47. The van der Waals surface area contributed by atoms with Crippen LogP contribution in [-0.2, 0) is 11.3 Å². The van der Waals surface area contributed by atoms with E-state index in [0.717, 1.165) is 42.4 Å². The van der Waals surface area contributed by atoms with E-state index in [1.54, 1.807) is 13.3 Å². The number of nitrogens with one attached hydrogen (secondary N) is 2. The maximum atomic E-state index is 5.93. The van der Waals surface area contributed by atoms with Gasteiger partial charge in [0.2, 0.25) is 5.88 Å². The molecular weight excluding hydrogens is 368 g/mol. The lowest BCUT2D eigenvalue weighted by atomic mass is 9.96. The third-order valence-electron chi connectivity index (χ3n) is 5.27. The Morgan fingerprint density at radius 2 is 2.00 bits per heavy atom. The van der Waals surface area contributed by atoms with E-state index in [0.29, 0.717) is 30.7 Å². The van der Waals surface area contributed by atoms with Gasteiger partial charge in [-0.2, -0.15) is 0 Å². The molecule has 2 aromatic rings. The summed E-state index contributed by atoms with van der Waals surface area (Å²) in [5, 5.41) is 6.85. The standard InChI is InChI=1S/C22H28N4O3/c1-3-23-22(26-19-12-18-9-10-20(19)28-18)25-14-15-4-11-21(24-13-15)29-17-7-5-16(27-2)6-8-17/h4-8,11,13,18-20H,3,9-10,12,14H2,1-2H3,(H2,23,25,26). The Hall–Kier alpha value is -2.80. The van der Waals surface area contributed by atoms with Crippen LogP contribution < -0.4 is 20.1 Å². The van der Waals surface area contributed by atoms with E-state index < -0.39 is 0 Å². The summed E-state index contributed by atoms with van der Waals surface area (Å²) < 4.78 is 16.9. The highest BCUT2D eigenvalue weighted by Crippen LogP contribution is 2.34. The number of hydrogen-bond donors (Lipinski definition) is 2. The molecule has 3 heterocycles. The van der Waals surface area contributed by atoms with Crippen LogP contribution in [-0.4, -0.2) is 42.8 Å². The number of benzene rings is 1. The number of fused-ring (bicyclic) bond motifs is 2. The Labute approximate surface area is 171 Å². The monoisotopic (exact) mass is 396 g/mol. The SMILES string of the molecule is CCNC(=NCc1ccc(Oc2ccc(OC)cc2)nc1)NC1CC2CCC1O2. The Bertz CT molecular complexity index is 823. The van der Waals surface area contributed by atoms with Crippen molar-refractivity contribution >= 4 is 5.96 Å². The zero-order valence-corrected chi connectivity index (χ0v) is 16.9. The molecule has 2 aliphatic rings. The van der Waals surface area contributed by atoms with Crippen molar-refractivity contribution in [2.24, 2.45) is 4.99 Å². The highest BCUT2D eigenvalue weighted by atomic mass is 16.5. The predicted molar refractivity (Wildman–Crippen MR) is 112 cm³/mol. The number of aromatic nitrogens is 1. The molecule has 1 aromatic heterocycles. The van der Waals surface area contributed by atoms with Gasteiger partial charge in [0.15, 0.2) is 5.96 Å². The summed E-state index contributed by atoms with van der Waals surface area (Å²) in [6, 6.07) is 11.6. The minimum Gasteiger partial charge on any atom is -0.497 e. The van der Waals surface area contributed by atoms with Crippen molar-refractivity contribution in [2.45, 2.75) is 51.0 Å². The second-order valence-electron chi connectivity index (χ2n) is 7.34. The molecule has 3 unspecified atom stereocenters. The van der Waals surface area contributed by atoms with Crippen molar-refractivity contribution in [2.75, 3.05) is 13.7 Å². The lowest BCUT2D eigenvalue weighted by molar-refractivity contribution is 0.0992. The molecule has 2 aliphatic heterocycles. The van der Waals surface area contributed by atoms with Gasteiger partial charge < -0.3 is 24.8 Å². The Balaban J connectivity index is 1.33. The number of methoxy groups -OCH3 is 1. The first-order valence-corrected chi connectivity index (χ1v) is 10.2. The summed E-state index contributed by atoms with van der Waals surface area (Å²) in [7, 11) is 1.64. The van der Waals surface area contributed by atoms with Gasteiger partial charge in [-0.15, -0.1) is 0 Å². The maximum Gasteiger partial charge on any atom is 0.219 e. The minimum absolute atomic E-state index is 0.319. The van der Waals surface area contributed by atoms with Crippen LogP contribution in [0.4, 0.5) is 0 Å². The molecule has 0 radical (unpaired) electrons. The number of ether oxygens (including phenoxy) is 3. The molecule has 29 heavy (non-hydrogen) atoms. The van der Waals surface area contributed by atoms with Gasteiger partial charge in [-0.1, -0.05) is 6.07 Å². The van der Waals surface area contributed by atoms with Crippen LogP contribution in [0.1, 0.15) is 31.7 Å². The van der Waals surface area contributed by atoms with Crippen LogP contribution in [0.15, 0.2) is 47.6 Å². The molecule has 4 rings (SSSR count). The molecule has 0 spiro atoms. The largest absolute Gasteiger partial charge is 0.497 e. The summed E-state index contributed by atoms with van der Waals surface area (Å²) in [4.78, 5) is 9.10. The van der Waals surface area contributed by atoms with Gasteiger partial charge in [0.1, 0.15) is 11.5 Å². The van der Waals surface area contributed by atoms with Crippen LogP contribution in [0.3, 0.4) is 0 Å². The summed E-state index contributed by atoms with van der Waals surface area (Å²) >= 11 is 0. The van der Waals surface area contributed by atoms with Crippen LogP contribution >= 0.6 is 0 Å². The molecule has 7 heteroatoms. The molecule has 3 atom stereocenters. The third kappa shape index (κ3) is 4.98. The average Bonchev–Trinajstić information content (AvgIpc) is 3.37. The molecule has 2 N–H and O–H groups in total. The van der Waals surface area contributed by atoms with Gasteiger partial charge in [0, 0.05) is 18.8 Å². The van der Waals surface area contributed by atoms with E-state index in [2.05, 4.69) is 22.5 Å². The summed E-state index contributed by atoms with van der Waals surface area (Å²) in [6.45, 7) is 3.44. The first kappa shape index (κ1) is 19.5. The molecule has 0 saturated carbocycles. The van der Waals surface area contributed by atoms with Crippen LogP contribution in [0, 0.1) is 0 Å². The molecule has 2 saturated heterocycles. The number of pyridine rings is 1. The normalized spacial score (nSPS) is 23.1. The van der Waals surface area contributed by atoms with Crippen molar-refractivity contribution in [3.63, 3.8) is 0 Å². The van der Waals surface area contributed by atoms with Gasteiger partial charge in [0.25, 0.3) is 0 Å². The fourth-order valence-corrected chi connectivity index (χ4v) is 3.79. The van der Waals surface area contributed by atoms with Crippen LogP contribution in [0.5, 0.6) is 17.4 Å². The Morgan fingerprint density at radius 3 is 2.62 bits per heavy atom. The molecule has 2 bridgehead atoms. The van der Waals surface area contributed by atoms with Gasteiger partial charge in [0.05, 0.1) is 31.9 Å². The van der Waals surface area contributed by atoms with E-state index in [-0.39, 0.29) is 0 Å². The smallest absolute Gasteiger partial charge is 0.219 e. The molecular formula is C22H28N4O3. The van der Waals surface area contributed by atoms with Crippen molar-refractivity contribution in [3.05, 3.63) is 48.2 Å². The van der Waals surface area contributed by atoms with Gasteiger partial charge in [-0.3, -0.25) is 0 Å². The summed E-state index contributed by atoms with van der Waals surface area (Å²) in [5.74, 6) is 2.88. The van der Waals surface area contributed by atoms with E-state index in [1.165, 1.54) is 6.42 Å². The van der Waals surface area contributed by atoms with Gasteiger partial charge >= 0.3 is 0 Å². The summed E-state index contributed by atoms with van der Waals surface area (Å²) in [5.41, 5.74) is 1.02. The number of aliphatic imine (C=N–C) groups is 1.